The fraction of sp³-hybridized carbons (Fsp3) is 0.200. The second-order valence-electron chi connectivity index (χ2n) is 6.35. The molecule has 144 valence electrons. The minimum absolute atomic E-state index is 0.0385. The van der Waals surface area contributed by atoms with Gasteiger partial charge in [-0.3, -0.25) is 9.59 Å². The molecular weight excluding hydrogens is 386 g/mol. The Labute approximate surface area is 163 Å². The van der Waals surface area contributed by atoms with Crippen molar-refractivity contribution in [3.63, 3.8) is 0 Å². The van der Waals surface area contributed by atoms with Crippen LogP contribution in [-0.2, 0) is 4.74 Å². The lowest BCUT2D eigenvalue weighted by Gasteiger charge is -2.26. The van der Waals surface area contributed by atoms with Crippen LogP contribution in [0.1, 0.15) is 20.0 Å². The Kier molecular flexibility index (Phi) is 5.06. The van der Waals surface area contributed by atoms with Crippen molar-refractivity contribution in [2.75, 3.05) is 31.6 Å². The van der Waals surface area contributed by atoms with E-state index in [4.69, 9.17) is 4.74 Å². The zero-order valence-corrected chi connectivity index (χ0v) is 15.5. The van der Waals surface area contributed by atoms with Crippen LogP contribution in [0.4, 0.5) is 14.5 Å². The molecule has 1 saturated heterocycles. The van der Waals surface area contributed by atoms with E-state index in [2.05, 4.69) is 5.32 Å². The average Bonchev–Trinajstić information content (AvgIpc) is 3.11. The number of carbonyl (C=O) groups excluding carboxylic acids is 2. The molecule has 4 rings (SSSR count). The molecule has 5 nitrogen and oxygen atoms in total. The van der Waals surface area contributed by atoms with Crippen LogP contribution >= 0.6 is 11.3 Å². The van der Waals surface area contributed by atoms with Crippen molar-refractivity contribution in [2.45, 2.75) is 0 Å². The summed E-state index contributed by atoms with van der Waals surface area (Å²) in [6.07, 6.45) is 0. The zero-order chi connectivity index (χ0) is 19.7. The highest BCUT2D eigenvalue weighted by atomic mass is 32.1. The van der Waals surface area contributed by atoms with E-state index in [1.54, 1.807) is 29.2 Å². The van der Waals surface area contributed by atoms with Gasteiger partial charge in [0.15, 0.2) is 0 Å². The van der Waals surface area contributed by atoms with E-state index in [9.17, 15) is 18.4 Å². The number of nitrogens with zero attached hydrogens (tertiary/aromatic N) is 1. The highest BCUT2D eigenvalue weighted by Gasteiger charge is 2.20. The van der Waals surface area contributed by atoms with Gasteiger partial charge >= 0.3 is 0 Å². The lowest BCUT2D eigenvalue weighted by Crippen LogP contribution is -2.40. The van der Waals surface area contributed by atoms with Crippen LogP contribution in [-0.4, -0.2) is 43.0 Å². The second kappa shape index (κ2) is 7.65. The molecule has 3 aromatic rings. The quantitative estimate of drug-likeness (QED) is 0.723. The zero-order valence-electron chi connectivity index (χ0n) is 14.7. The molecule has 0 spiro atoms. The van der Waals surface area contributed by atoms with Crippen LogP contribution in [0.25, 0.3) is 10.1 Å². The number of carbonyl (C=O) groups is 2. The summed E-state index contributed by atoms with van der Waals surface area (Å²) in [5.74, 6) is -2.38. The standard InChI is InChI=1S/C20H16F2N2O3S/c21-13-1-3-15(16(22)11-13)19(25)23-14-2-4-17-12(9-14)10-18(28-17)20(26)24-5-7-27-8-6-24/h1-4,9-11H,5-8H2,(H,23,25). The molecule has 0 aliphatic carbocycles. The van der Waals surface area contributed by atoms with Crippen LogP contribution in [0, 0.1) is 11.6 Å². The van der Waals surface area contributed by atoms with Crippen LogP contribution in [0.15, 0.2) is 42.5 Å². The maximum atomic E-state index is 13.8. The van der Waals surface area contributed by atoms with Crippen molar-refractivity contribution in [3.8, 4) is 0 Å². The summed E-state index contributed by atoms with van der Waals surface area (Å²) in [4.78, 5) is 27.3. The van der Waals surface area contributed by atoms with Crippen LogP contribution < -0.4 is 5.32 Å². The van der Waals surface area contributed by atoms with E-state index in [0.717, 1.165) is 22.2 Å². The molecule has 1 aliphatic heterocycles. The smallest absolute Gasteiger partial charge is 0.264 e. The third-order valence-corrected chi connectivity index (χ3v) is 5.56. The van der Waals surface area contributed by atoms with E-state index < -0.39 is 17.5 Å². The number of amides is 2. The Hall–Kier alpha value is -2.84. The highest BCUT2D eigenvalue weighted by molar-refractivity contribution is 7.20. The van der Waals surface area contributed by atoms with E-state index in [0.29, 0.717) is 42.9 Å². The Morgan fingerprint density at radius 1 is 1.04 bits per heavy atom. The Morgan fingerprint density at radius 2 is 1.82 bits per heavy atom. The number of halogens is 2. The van der Waals surface area contributed by atoms with Crippen molar-refractivity contribution in [3.05, 3.63) is 64.5 Å². The number of anilines is 1. The van der Waals surface area contributed by atoms with E-state index in [-0.39, 0.29) is 11.5 Å². The van der Waals surface area contributed by atoms with Crippen LogP contribution in [0.5, 0.6) is 0 Å². The van der Waals surface area contributed by atoms with Gasteiger partial charge in [0.1, 0.15) is 11.6 Å². The summed E-state index contributed by atoms with van der Waals surface area (Å²) >= 11 is 1.38. The van der Waals surface area contributed by atoms with Gasteiger partial charge < -0.3 is 15.0 Å². The van der Waals surface area contributed by atoms with Crippen molar-refractivity contribution < 1.29 is 23.1 Å². The van der Waals surface area contributed by atoms with Gasteiger partial charge in [0.2, 0.25) is 0 Å². The number of fused-ring (bicyclic) bond motifs is 1. The fourth-order valence-corrected chi connectivity index (χ4v) is 4.03. The summed E-state index contributed by atoms with van der Waals surface area (Å²) in [5, 5.41) is 3.41. The van der Waals surface area contributed by atoms with Crippen molar-refractivity contribution in [1.29, 1.82) is 0 Å². The van der Waals surface area contributed by atoms with E-state index in [1.807, 2.05) is 0 Å². The first-order valence-corrected chi connectivity index (χ1v) is 9.50. The van der Waals surface area contributed by atoms with E-state index >= 15 is 0 Å². The monoisotopic (exact) mass is 402 g/mol. The maximum absolute atomic E-state index is 13.8. The van der Waals surface area contributed by atoms with Crippen molar-refractivity contribution >= 4 is 38.9 Å². The van der Waals surface area contributed by atoms with Gasteiger partial charge in [0.05, 0.1) is 23.7 Å². The van der Waals surface area contributed by atoms with Crippen LogP contribution in [0.2, 0.25) is 0 Å². The number of morpholine rings is 1. The molecule has 0 saturated carbocycles. The molecule has 28 heavy (non-hydrogen) atoms. The largest absolute Gasteiger partial charge is 0.378 e. The number of hydrogen-bond acceptors (Lipinski definition) is 4. The number of rotatable bonds is 3. The van der Waals surface area contributed by atoms with Gasteiger partial charge in [-0.2, -0.15) is 0 Å². The molecule has 0 bridgehead atoms. The molecule has 0 atom stereocenters. The molecule has 8 heteroatoms. The first-order valence-electron chi connectivity index (χ1n) is 8.68. The number of ether oxygens (including phenoxy) is 1. The van der Waals surface area contributed by atoms with E-state index in [1.165, 1.54) is 11.3 Å². The average molecular weight is 402 g/mol. The van der Waals surface area contributed by atoms with Gasteiger partial charge in [0.25, 0.3) is 11.8 Å². The van der Waals surface area contributed by atoms with Gasteiger partial charge in [0, 0.05) is 29.5 Å². The third kappa shape index (κ3) is 3.74. The maximum Gasteiger partial charge on any atom is 0.264 e. The fourth-order valence-electron chi connectivity index (χ4n) is 3.02. The summed E-state index contributed by atoms with van der Waals surface area (Å²) in [6.45, 7) is 2.20. The summed E-state index contributed by atoms with van der Waals surface area (Å²) in [5.41, 5.74) is 0.222. The topological polar surface area (TPSA) is 58.6 Å². The predicted octanol–water partition coefficient (Wildman–Crippen LogP) is 3.90. The summed E-state index contributed by atoms with van der Waals surface area (Å²) in [7, 11) is 0. The number of benzene rings is 2. The number of nitrogens with one attached hydrogen (secondary N) is 1. The minimum atomic E-state index is -0.924. The molecule has 1 aliphatic rings. The molecule has 1 N–H and O–H groups in total. The van der Waals surface area contributed by atoms with Gasteiger partial charge in [-0.1, -0.05) is 0 Å². The van der Waals surface area contributed by atoms with Gasteiger partial charge in [-0.25, -0.2) is 8.78 Å². The first-order chi connectivity index (χ1) is 13.5. The predicted molar refractivity (Wildman–Crippen MR) is 103 cm³/mol. The Balaban J connectivity index is 1.54. The SMILES string of the molecule is O=C(Nc1ccc2sc(C(=O)N3CCOCC3)cc2c1)c1ccc(F)cc1F. The normalized spacial score (nSPS) is 14.3. The van der Waals surface area contributed by atoms with Gasteiger partial charge in [-0.05, 0) is 41.8 Å². The number of thiophene rings is 1. The molecule has 0 radical (unpaired) electrons. The molecule has 1 aromatic heterocycles. The lowest BCUT2D eigenvalue weighted by molar-refractivity contribution is 0.0306. The Morgan fingerprint density at radius 3 is 2.57 bits per heavy atom. The van der Waals surface area contributed by atoms with Crippen molar-refractivity contribution in [1.82, 2.24) is 4.90 Å². The molecular formula is C20H16F2N2O3S. The molecule has 2 aromatic carbocycles. The third-order valence-electron chi connectivity index (χ3n) is 4.46. The molecule has 0 unspecified atom stereocenters. The first kappa shape index (κ1) is 18.5. The molecule has 1 fully saturated rings. The minimum Gasteiger partial charge on any atom is -0.378 e. The highest BCUT2D eigenvalue weighted by Crippen LogP contribution is 2.29. The van der Waals surface area contributed by atoms with Crippen molar-refractivity contribution in [2.24, 2.45) is 0 Å². The summed E-state index contributed by atoms with van der Waals surface area (Å²) < 4.78 is 33.0. The molecule has 2 heterocycles. The second-order valence-corrected chi connectivity index (χ2v) is 7.43. The number of hydrogen-bond donors (Lipinski definition) is 1. The molecule has 2 amide bonds. The van der Waals surface area contributed by atoms with Crippen LogP contribution in [0.3, 0.4) is 0 Å². The lowest BCUT2D eigenvalue weighted by atomic mass is 10.1. The Bertz CT molecular complexity index is 1060. The summed E-state index contributed by atoms with van der Waals surface area (Å²) in [6, 6.07) is 9.79. The van der Waals surface area contributed by atoms with Gasteiger partial charge in [-0.15, -0.1) is 11.3 Å².